The molecule has 0 amide bonds. The standard InChI is InChI=1S/C10H10OS/c1-8(2)12-10-6-4-3-5-9(10)7-11/h3-7H,1H2,2H3. The zero-order valence-corrected chi connectivity index (χ0v) is 7.73. The molecule has 0 aliphatic heterocycles. The van der Waals surface area contributed by atoms with E-state index in [9.17, 15) is 4.79 Å². The van der Waals surface area contributed by atoms with Gasteiger partial charge in [0, 0.05) is 10.5 Å². The quantitative estimate of drug-likeness (QED) is 0.522. The van der Waals surface area contributed by atoms with Gasteiger partial charge in [0.1, 0.15) is 0 Å². The van der Waals surface area contributed by atoms with E-state index in [0.717, 1.165) is 21.7 Å². The highest BCUT2D eigenvalue weighted by Gasteiger charge is 1.99. The second-order valence-electron chi connectivity index (χ2n) is 2.46. The molecule has 1 rings (SSSR count). The van der Waals surface area contributed by atoms with Crippen molar-refractivity contribution in [2.45, 2.75) is 11.8 Å². The molecule has 1 aromatic rings. The monoisotopic (exact) mass is 178 g/mol. The van der Waals surface area contributed by atoms with Gasteiger partial charge < -0.3 is 0 Å². The molecule has 1 nitrogen and oxygen atoms in total. The van der Waals surface area contributed by atoms with E-state index in [-0.39, 0.29) is 0 Å². The summed E-state index contributed by atoms with van der Waals surface area (Å²) in [7, 11) is 0. The van der Waals surface area contributed by atoms with Crippen LogP contribution >= 0.6 is 11.8 Å². The molecule has 0 saturated carbocycles. The van der Waals surface area contributed by atoms with Crippen LogP contribution in [-0.2, 0) is 0 Å². The van der Waals surface area contributed by atoms with Crippen LogP contribution in [0, 0.1) is 0 Å². The third kappa shape index (κ3) is 2.24. The molecular formula is C10H10OS. The van der Waals surface area contributed by atoms with Gasteiger partial charge in [0.25, 0.3) is 0 Å². The Balaban J connectivity index is 2.96. The molecular weight excluding hydrogens is 168 g/mol. The predicted octanol–water partition coefficient (Wildman–Crippen LogP) is 3.12. The molecule has 0 fully saturated rings. The minimum atomic E-state index is 0.727. The van der Waals surface area contributed by atoms with Gasteiger partial charge in [-0.3, -0.25) is 4.79 Å². The lowest BCUT2D eigenvalue weighted by Gasteiger charge is -2.01. The molecule has 1 aromatic carbocycles. The Labute approximate surface area is 76.5 Å². The summed E-state index contributed by atoms with van der Waals surface area (Å²) in [6.45, 7) is 5.70. The van der Waals surface area contributed by atoms with E-state index in [2.05, 4.69) is 6.58 Å². The fraction of sp³-hybridized carbons (Fsp3) is 0.100. The molecule has 0 N–H and O–H groups in total. The van der Waals surface area contributed by atoms with Crippen molar-refractivity contribution < 1.29 is 4.79 Å². The Bertz CT molecular complexity index is 304. The van der Waals surface area contributed by atoms with E-state index in [1.165, 1.54) is 11.8 Å². The van der Waals surface area contributed by atoms with Crippen molar-refractivity contribution in [1.29, 1.82) is 0 Å². The summed E-state index contributed by atoms with van der Waals surface area (Å²) in [4.78, 5) is 12.5. The summed E-state index contributed by atoms with van der Waals surface area (Å²) in [5.74, 6) is 0. The first-order valence-electron chi connectivity index (χ1n) is 3.61. The van der Waals surface area contributed by atoms with Gasteiger partial charge in [-0.1, -0.05) is 36.5 Å². The SMILES string of the molecule is C=C(C)Sc1ccccc1C=O. The summed E-state index contributed by atoms with van der Waals surface area (Å²) >= 11 is 1.52. The summed E-state index contributed by atoms with van der Waals surface area (Å²) in [6, 6.07) is 7.49. The molecule has 0 aliphatic carbocycles. The largest absolute Gasteiger partial charge is 0.298 e. The van der Waals surface area contributed by atoms with E-state index in [1.807, 2.05) is 25.1 Å². The van der Waals surface area contributed by atoms with Gasteiger partial charge in [-0.25, -0.2) is 0 Å². The maximum absolute atomic E-state index is 10.6. The average molecular weight is 178 g/mol. The van der Waals surface area contributed by atoms with Crippen molar-refractivity contribution in [3.05, 3.63) is 41.3 Å². The lowest BCUT2D eigenvalue weighted by molar-refractivity contribution is 0.112. The molecule has 0 unspecified atom stereocenters. The molecule has 12 heavy (non-hydrogen) atoms. The minimum Gasteiger partial charge on any atom is -0.298 e. The van der Waals surface area contributed by atoms with Crippen molar-refractivity contribution in [2.24, 2.45) is 0 Å². The average Bonchev–Trinajstić information content (AvgIpc) is 2.04. The Morgan fingerprint density at radius 1 is 1.50 bits per heavy atom. The first kappa shape index (κ1) is 9.07. The van der Waals surface area contributed by atoms with E-state index < -0.39 is 0 Å². The first-order valence-corrected chi connectivity index (χ1v) is 4.43. The van der Waals surface area contributed by atoms with Crippen LogP contribution in [0.15, 0.2) is 40.6 Å². The summed E-state index contributed by atoms with van der Waals surface area (Å²) in [6.07, 6.45) is 0.866. The topological polar surface area (TPSA) is 17.1 Å². The summed E-state index contributed by atoms with van der Waals surface area (Å²) in [5.41, 5.74) is 0.727. The van der Waals surface area contributed by atoms with Crippen LogP contribution in [-0.4, -0.2) is 6.29 Å². The first-order chi connectivity index (χ1) is 5.74. The molecule has 0 aromatic heterocycles. The highest BCUT2D eigenvalue weighted by atomic mass is 32.2. The van der Waals surface area contributed by atoms with Crippen LogP contribution in [0.1, 0.15) is 17.3 Å². The zero-order valence-electron chi connectivity index (χ0n) is 6.91. The number of rotatable bonds is 3. The molecule has 2 heteroatoms. The number of carbonyl (C=O) groups is 1. The van der Waals surface area contributed by atoms with Gasteiger partial charge in [0.15, 0.2) is 6.29 Å². The highest BCUT2D eigenvalue weighted by molar-refractivity contribution is 8.03. The van der Waals surface area contributed by atoms with Crippen LogP contribution in [0.2, 0.25) is 0 Å². The van der Waals surface area contributed by atoms with Crippen LogP contribution in [0.3, 0.4) is 0 Å². The molecule has 0 radical (unpaired) electrons. The molecule has 0 atom stereocenters. The van der Waals surface area contributed by atoms with Crippen molar-refractivity contribution >= 4 is 18.0 Å². The van der Waals surface area contributed by atoms with Crippen molar-refractivity contribution in [1.82, 2.24) is 0 Å². The fourth-order valence-corrected chi connectivity index (χ4v) is 1.61. The number of allylic oxidation sites excluding steroid dienone is 1. The van der Waals surface area contributed by atoms with Gasteiger partial charge in [-0.15, -0.1) is 0 Å². The second-order valence-corrected chi connectivity index (χ2v) is 3.80. The normalized spacial score (nSPS) is 9.42. The Morgan fingerprint density at radius 3 is 2.75 bits per heavy atom. The van der Waals surface area contributed by atoms with Gasteiger partial charge >= 0.3 is 0 Å². The zero-order chi connectivity index (χ0) is 8.97. The number of aldehydes is 1. The van der Waals surface area contributed by atoms with Crippen LogP contribution in [0.4, 0.5) is 0 Å². The lowest BCUT2D eigenvalue weighted by atomic mass is 10.2. The van der Waals surface area contributed by atoms with Gasteiger partial charge in [0.05, 0.1) is 0 Å². The molecule has 0 saturated heterocycles. The molecule has 0 heterocycles. The van der Waals surface area contributed by atoms with Gasteiger partial charge in [0.2, 0.25) is 0 Å². The van der Waals surface area contributed by atoms with Crippen molar-refractivity contribution in [3.8, 4) is 0 Å². The third-order valence-corrected chi connectivity index (χ3v) is 2.27. The maximum Gasteiger partial charge on any atom is 0.151 e. The number of thioether (sulfide) groups is 1. The molecule has 0 aliphatic rings. The Kier molecular flexibility index (Phi) is 3.11. The van der Waals surface area contributed by atoms with E-state index in [4.69, 9.17) is 0 Å². The fourth-order valence-electron chi connectivity index (χ4n) is 0.859. The van der Waals surface area contributed by atoms with E-state index >= 15 is 0 Å². The Morgan fingerprint density at radius 2 is 2.17 bits per heavy atom. The molecule has 0 bridgehead atoms. The maximum atomic E-state index is 10.6. The van der Waals surface area contributed by atoms with E-state index in [0.29, 0.717) is 0 Å². The predicted molar refractivity (Wildman–Crippen MR) is 52.5 cm³/mol. The van der Waals surface area contributed by atoms with Crippen molar-refractivity contribution in [3.63, 3.8) is 0 Å². The van der Waals surface area contributed by atoms with Crippen LogP contribution in [0.25, 0.3) is 0 Å². The number of benzene rings is 1. The van der Waals surface area contributed by atoms with Crippen LogP contribution in [0.5, 0.6) is 0 Å². The smallest absolute Gasteiger partial charge is 0.151 e. The number of hydrogen-bond acceptors (Lipinski definition) is 2. The number of hydrogen-bond donors (Lipinski definition) is 0. The molecule has 0 spiro atoms. The van der Waals surface area contributed by atoms with Gasteiger partial charge in [-0.05, 0) is 17.9 Å². The van der Waals surface area contributed by atoms with Crippen molar-refractivity contribution in [2.75, 3.05) is 0 Å². The lowest BCUT2D eigenvalue weighted by Crippen LogP contribution is -1.82. The second kappa shape index (κ2) is 4.12. The summed E-state index contributed by atoms with van der Waals surface area (Å²) < 4.78 is 0. The third-order valence-electron chi connectivity index (χ3n) is 1.33. The Hall–Kier alpha value is -1.02. The van der Waals surface area contributed by atoms with E-state index in [1.54, 1.807) is 6.07 Å². The van der Waals surface area contributed by atoms with Crippen LogP contribution < -0.4 is 0 Å². The number of carbonyl (C=O) groups excluding carboxylic acids is 1. The highest BCUT2D eigenvalue weighted by Crippen LogP contribution is 2.26. The summed E-state index contributed by atoms with van der Waals surface area (Å²) in [5, 5.41) is 0. The minimum absolute atomic E-state index is 0.727. The van der Waals surface area contributed by atoms with Gasteiger partial charge in [-0.2, -0.15) is 0 Å². The molecule has 62 valence electrons.